The Morgan fingerprint density at radius 1 is 1.24 bits per heavy atom. The van der Waals surface area contributed by atoms with Gasteiger partial charge in [0.2, 0.25) is 17.2 Å². The van der Waals surface area contributed by atoms with E-state index in [-0.39, 0.29) is 11.2 Å². The topological polar surface area (TPSA) is 102 Å². The minimum atomic E-state index is 0.0509. The molecule has 0 amide bonds. The SMILES string of the molecule is Cc1cnc(CNc2nc(N)nc(Cl)n2)cn1. The predicted molar refractivity (Wildman–Crippen MR) is 63.3 cm³/mol. The molecule has 0 atom stereocenters. The van der Waals surface area contributed by atoms with Crippen LogP contribution in [-0.2, 0) is 6.54 Å². The standard InChI is InChI=1S/C9H10ClN7/c1-5-2-13-6(3-12-5)4-14-9-16-7(10)15-8(11)17-9/h2-3H,4H2,1H3,(H3,11,14,15,16,17). The number of nitrogens with one attached hydrogen (secondary N) is 1. The summed E-state index contributed by atoms with van der Waals surface area (Å²) in [6, 6.07) is 0. The van der Waals surface area contributed by atoms with Gasteiger partial charge in [-0.05, 0) is 18.5 Å². The average Bonchev–Trinajstić information content (AvgIpc) is 2.27. The summed E-state index contributed by atoms with van der Waals surface area (Å²) in [7, 11) is 0. The van der Waals surface area contributed by atoms with Gasteiger partial charge in [0.25, 0.3) is 0 Å². The molecule has 0 aliphatic carbocycles. The number of hydrogen-bond acceptors (Lipinski definition) is 7. The summed E-state index contributed by atoms with van der Waals surface area (Å²) in [4.78, 5) is 19.7. The molecule has 0 radical (unpaired) electrons. The van der Waals surface area contributed by atoms with Crippen molar-refractivity contribution in [2.75, 3.05) is 11.1 Å². The number of halogens is 1. The van der Waals surface area contributed by atoms with E-state index in [1.807, 2.05) is 6.92 Å². The van der Waals surface area contributed by atoms with Crippen molar-refractivity contribution in [2.24, 2.45) is 0 Å². The van der Waals surface area contributed by atoms with Crippen LogP contribution >= 0.6 is 11.6 Å². The third-order valence-corrected chi connectivity index (χ3v) is 2.06. The molecule has 2 aromatic heterocycles. The average molecular weight is 252 g/mol. The fourth-order valence-electron chi connectivity index (χ4n) is 1.12. The molecule has 0 aliphatic rings. The molecule has 0 spiro atoms. The third kappa shape index (κ3) is 3.22. The van der Waals surface area contributed by atoms with Crippen LogP contribution < -0.4 is 11.1 Å². The Labute approximate surface area is 103 Å². The number of hydrogen-bond donors (Lipinski definition) is 2. The molecule has 88 valence electrons. The van der Waals surface area contributed by atoms with Crippen LogP contribution in [0.3, 0.4) is 0 Å². The molecule has 0 saturated heterocycles. The van der Waals surface area contributed by atoms with Crippen molar-refractivity contribution in [3.8, 4) is 0 Å². The maximum atomic E-state index is 5.64. The lowest BCUT2D eigenvalue weighted by Gasteiger charge is -2.04. The van der Waals surface area contributed by atoms with Gasteiger partial charge in [0.05, 0.1) is 24.1 Å². The second-order valence-electron chi connectivity index (χ2n) is 3.29. The Morgan fingerprint density at radius 2 is 2.06 bits per heavy atom. The van der Waals surface area contributed by atoms with E-state index in [0.29, 0.717) is 12.5 Å². The number of nitrogen functional groups attached to an aromatic ring is 1. The molecule has 0 aromatic carbocycles. The van der Waals surface area contributed by atoms with Gasteiger partial charge in [-0.2, -0.15) is 15.0 Å². The maximum absolute atomic E-state index is 5.64. The molecule has 0 aliphatic heterocycles. The Balaban J connectivity index is 2.04. The van der Waals surface area contributed by atoms with Crippen LogP contribution in [0.2, 0.25) is 5.28 Å². The van der Waals surface area contributed by atoms with Gasteiger partial charge in [-0.1, -0.05) is 0 Å². The van der Waals surface area contributed by atoms with E-state index in [0.717, 1.165) is 11.4 Å². The van der Waals surface area contributed by atoms with Crippen molar-refractivity contribution in [1.29, 1.82) is 0 Å². The summed E-state index contributed by atoms with van der Waals surface area (Å²) in [6.45, 7) is 2.31. The number of nitrogens with two attached hydrogens (primary N) is 1. The van der Waals surface area contributed by atoms with Crippen molar-refractivity contribution in [1.82, 2.24) is 24.9 Å². The van der Waals surface area contributed by atoms with Gasteiger partial charge in [-0.3, -0.25) is 9.97 Å². The zero-order valence-electron chi connectivity index (χ0n) is 9.05. The number of aryl methyl sites for hydroxylation is 1. The molecule has 7 nitrogen and oxygen atoms in total. The van der Waals surface area contributed by atoms with Crippen molar-refractivity contribution in [3.63, 3.8) is 0 Å². The highest BCUT2D eigenvalue weighted by Gasteiger charge is 2.02. The molecule has 0 unspecified atom stereocenters. The molecule has 8 heteroatoms. The molecular formula is C9H10ClN7. The van der Waals surface area contributed by atoms with Gasteiger partial charge >= 0.3 is 0 Å². The van der Waals surface area contributed by atoms with E-state index in [1.54, 1.807) is 12.4 Å². The molecule has 17 heavy (non-hydrogen) atoms. The van der Waals surface area contributed by atoms with E-state index in [1.165, 1.54) is 0 Å². The fourth-order valence-corrected chi connectivity index (χ4v) is 1.29. The second-order valence-corrected chi connectivity index (χ2v) is 3.63. The van der Waals surface area contributed by atoms with Crippen LogP contribution in [-0.4, -0.2) is 24.9 Å². The first-order chi connectivity index (χ1) is 8.13. The van der Waals surface area contributed by atoms with Crippen LogP contribution in [0.1, 0.15) is 11.4 Å². The molecule has 2 aromatic rings. The van der Waals surface area contributed by atoms with Crippen LogP contribution in [0, 0.1) is 6.92 Å². The lowest BCUT2D eigenvalue weighted by atomic mass is 10.4. The normalized spacial score (nSPS) is 10.2. The predicted octanol–water partition coefficient (Wildman–Crippen LogP) is 0.818. The van der Waals surface area contributed by atoms with Crippen molar-refractivity contribution in [2.45, 2.75) is 13.5 Å². The van der Waals surface area contributed by atoms with E-state index < -0.39 is 0 Å². The number of aromatic nitrogens is 5. The first kappa shape index (κ1) is 11.5. The van der Waals surface area contributed by atoms with E-state index in [9.17, 15) is 0 Å². The lowest BCUT2D eigenvalue weighted by molar-refractivity contribution is 0.952. The molecule has 0 fully saturated rings. The number of nitrogens with zero attached hydrogens (tertiary/aromatic N) is 5. The molecule has 3 N–H and O–H groups in total. The van der Waals surface area contributed by atoms with Gasteiger partial charge in [0, 0.05) is 6.20 Å². The fraction of sp³-hybridized carbons (Fsp3) is 0.222. The van der Waals surface area contributed by atoms with Gasteiger partial charge in [-0.15, -0.1) is 0 Å². The summed E-state index contributed by atoms with van der Waals surface area (Å²) in [6.07, 6.45) is 3.36. The number of anilines is 2. The van der Waals surface area contributed by atoms with Gasteiger partial charge in [0.1, 0.15) is 0 Å². The molecule has 0 bridgehead atoms. The lowest BCUT2D eigenvalue weighted by Crippen LogP contribution is -2.08. The summed E-state index contributed by atoms with van der Waals surface area (Å²) in [5.74, 6) is 0.382. The highest BCUT2D eigenvalue weighted by atomic mass is 35.5. The smallest absolute Gasteiger partial charge is 0.229 e. The Morgan fingerprint density at radius 3 is 2.71 bits per heavy atom. The molecule has 0 saturated carbocycles. The number of rotatable bonds is 3. The summed E-state index contributed by atoms with van der Waals surface area (Å²) in [5, 5.41) is 2.98. The molecular weight excluding hydrogens is 242 g/mol. The van der Waals surface area contributed by atoms with Crippen molar-refractivity contribution >= 4 is 23.5 Å². The van der Waals surface area contributed by atoms with Gasteiger partial charge in [-0.25, -0.2) is 0 Å². The van der Waals surface area contributed by atoms with E-state index in [2.05, 4.69) is 30.2 Å². The van der Waals surface area contributed by atoms with Crippen LogP contribution in [0.5, 0.6) is 0 Å². The Hall–Kier alpha value is -2.02. The largest absolute Gasteiger partial charge is 0.368 e. The first-order valence-corrected chi connectivity index (χ1v) is 5.20. The van der Waals surface area contributed by atoms with Crippen LogP contribution in [0.4, 0.5) is 11.9 Å². The van der Waals surface area contributed by atoms with Crippen LogP contribution in [0.15, 0.2) is 12.4 Å². The summed E-state index contributed by atoms with van der Waals surface area (Å²) in [5.41, 5.74) is 7.07. The zero-order valence-corrected chi connectivity index (χ0v) is 9.81. The second kappa shape index (κ2) is 4.88. The minimum Gasteiger partial charge on any atom is -0.368 e. The van der Waals surface area contributed by atoms with Crippen LogP contribution in [0.25, 0.3) is 0 Å². The summed E-state index contributed by atoms with van der Waals surface area (Å²) < 4.78 is 0. The van der Waals surface area contributed by atoms with E-state index >= 15 is 0 Å². The van der Waals surface area contributed by atoms with Crippen molar-refractivity contribution in [3.05, 3.63) is 29.1 Å². The highest BCUT2D eigenvalue weighted by molar-refractivity contribution is 6.28. The van der Waals surface area contributed by atoms with E-state index in [4.69, 9.17) is 17.3 Å². The summed E-state index contributed by atoms with van der Waals surface area (Å²) >= 11 is 5.64. The maximum Gasteiger partial charge on any atom is 0.229 e. The first-order valence-electron chi connectivity index (χ1n) is 4.82. The third-order valence-electron chi connectivity index (χ3n) is 1.89. The van der Waals surface area contributed by atoms with Gasteiger partial charge in [0.15, 0.2) is 0 Å². The highest BCUT2D eigenvalue weighted by Crippen LogP contribution is 2.07. The Bertz CT molecular complexity index is 493. The Kier molecular flexibility index (Phi) is 3.29. The molecule has 2 heterocycles. The minimum absolute atomic E-state index is 0.0509. The van der Waals surface area contributed by atoms with Gasteiger partial charge < -0.3 is 11.1 Å². The zero-order chi connectivity index (χ0) is 12.3. The quantitative estimate of drug-likeness (QED) is 0.832. The molecule has 2 rings (SSSR count). The monoisotopic (exact) mass is 251 g/mol. The van der Waals surface area contributed by atoms with Crippen molar-refractivity contribution < 1.29 is 0 Å².